The second-order valence-corrected chi connectivity index (χ2v) is 25.2. The molecule has 3 aliphatic rings. The summed E-state index contributed by atoms with van der Waals surface area (Å²) < 4.78 is 6.77. The Morgan fingerprint density at radius 1 is 0.494 bits per heavy atom. The van der Waals surface area contributed by atoms with Crippen molar-refractivity contribution in [2.45, 2.75) is 111 Å². The van der Waals surface area contributed by atoms with Gasteiger partial charge < -0.3 is 19.1 Å². The van der Waals surface area contributed by atoms with E-state index < -0.39 is 0 Å². The zero-order chi connectivity index (χ0) is 53.0. The molecule has 382 valence electrons. The van der Waals surface area contributed by atoms with Gasteiger partial charge in [0.15, 0.2) is 0 Å². The van der Waals surface area contributed by atoms with E-state index in [1.807, 2.05) is 0 Å². The van der Waals surface area contributed by atoms with Crippen molar-refractivity contribution in [3.8, 4) is 0 Å². The van der Waals surface area contributed by atoms with Gasteiger partial charge in [0.05, 0.1) is 16.8 Å². The summed E-state index contributed by atoms with van der Waals surface area (Å²) in [5, 5.41) is 2.22. The van der Waals surface area contributed by atoms with Crippen LogP contribution in [0.15, 0.2) is 205 Å². The van der Waals surface area contributed by atoms with Crippen LogP contribution in [0.25, 0.3) is 21.9 Å². The average molecular weight is 1000 g/mol. The van der Waals surface area contributed by atoms with Gasteiger partial charge in [-0.15, -0.1) is 0 Å². The maximum atomic E-state index is 6.77. The van der Waals surface area contributed by atoms with E-state index in [-0.39, 0.29) is 28.4 Å². The second kappa shape index (κ2) is 18.2. The predicted molar refractivity (Wildman–Crippen MR) is 329 cm³/mol. The third-order valence-electron chi connectivity index (χ3n) is 18.1. The lowest BCUT2D eigenvalue weighted by Crippen LogP contribution is -2.61. The van der Waals surface area contributed by atoms with Crippen LogP contribution in [0.5, 0.6) is 0 Å². The third kappa shape index (κ3) is 8.10. The van der Waals surface area contributed by atoms with Gasteiger partial charge in [-0.05, 0) is 164 Å². The molecule has 9 aromatic carbocycles. The maximum Gasteiger partial charge on any atom is 0.252 e. The molecule has 1 saturated carbocycles. The van der Waals surface area contributed by atoms with Crippen LogP contribution in [-0.2, 0) is 22.7 Å². The molecule has 1 aromatic heterocycles. The standard InChI is InChI=1S/C72H70BN3O/c1-69(2,3)50-34-37-54(38-35-50)75-60-40-36-51(70(4,5)6)45-59(60)73-58-39-33-48(43-49-23-16-18-29-57(49)72(9)42-21-20-41-71(72,7)8)44-62(58)76(61-30-22-32-66-67(61)56-28-17-19-31-65(56)77-66)64-47-55(46-63(75)68(64)73)74(52-24-12-10-13-25-52)53-26-14-11-15-27-53/h10-19,22-40,44-47H,20-21,41-43H2,1-9H3. The van der Waals surface area contributed by atoms with Crippen LogP contribution in [0.3, 0.4) is 0 Å². The first-order chi connectivity index (χ1) is 37.1. The molecule has 1 atom stereocenters. The van der Waals surface area contributed by atoms with Crippen molar-refractivity contribution in [3.63, 3.8) is 0 Å². The lowest BCUT2D eigenvalue weighted by Gasteiger charge is -2.49. The van der Waals surface area contributed by atoms with E-state index in [9.17, 15) is 0 Å². The highest BCUT2D eigenvalue weighted by Gasteiger charge is 2.47. The predicted octanol–water partition coefficient (Wildman–Crippen LogP) is 18.2. The highest BCUT2D eigenvalue weighted by molar-refractivity contribution is 7.00. The van der Waals surface area contributed by atoms with Crippen LogP contribution in [0.4, 0.5) is 51.2 Å². The lowest BCUT2D eigenvalue weighted by atomic mass is 9.33. The number of furan rings is 1. The Balaban J connectivity index is 1.13. The molecule has 5 heteroatoms. The van der Waals surface area contributed by atoms with E-state index in [0.717, 1.165) is 62.5 Å². The topological polar surface area (TPSA) is 22.9 Å². The molecule has 3 heterocycles. The Labute approximate surface area is 457 Å². The molecule has 0 spiro atoms. The summed E-state index contributed by atoms with van der Waals surface area (Å²) in [5.41, 5.74) is 22.9. The van der Waals surface area contributed by atoms with E-state index in [2.05, 4.69) is 277 Å². The first-order valence-corrected chi connectivity index (χ1v) is 28.1. The van der Waals surface area contributed by atoms with Gasteiger partial charge in [0.25, 0.3) is 6.71 Å². The number of hydrogen-bond acceptors (Lipinski definition) is 4. The molecule has 10 aromatic rings. The Morgan fingerprint density at radius 2 is 1.12 bits per heavy atom. The average Bonchev–Trinajstić information content (AvgIpc) is 3.97. The molecular formula is C72H70BN3O. The first-order valence-electron chi connectivity index (χ1n) is 28.1. The van der Waals surface area contributed by atoms with Crippen molar-refractivity contribution in [1.82, 2.24) is 0 Å². The molecule has 0 amide bonds. The molecule has 1 aliphatic carbocycles. The van der Waals surface area contributed by atoms with Crippen molar-refractivity contribution in [2.24, 2.45) is 5.41 Å². The van der Waals surface area contributed by atoms with Gasteiger partial charge in [-0.1, -0.05) is 196 Å². The third-order valence-corrected chi connectivity index (χ3v) is 18.1. The quantitative estimate of drug-likeness (QED) is 0.142. The molecule has 1 fully saturated rings. The lowest BCUT2D eigenvalue weighted by molar-refractivity contribution is 0.108. The van der Waals surface area contributed by atoms with Crippen LogP contribution >= 0.6 is 0 Å². The van der Waals surface area contributed by atoms with Crippen LogP contribution in [0, 0.1) is 5.41 Å². The van der Waals surface area contributed by atoms with Gasteiger partial charge >= 0.3 is 0 Å². The van der Waals surface area contributed by atoms with Crippen LogP contribution < -0.4 is 31.1 Å². The fourth-order valence-corrected chi connectivity index (χ4v) is 13.5. The van der Waals surface area contributed by atoms with Crippen molar-refractivity contribution < 1.29 is 4.42 Å². The molecule has 4 nitrogen and oxygen atoms in total. The van der Waals surface area contributed by atoms with E-state index >= 15 is 0 Å². The summed E-state index contributed by atoms with van der Waals surface area (Å²) in [5.74, 6) is 0. The summed E-state index contributed by atoms with van der Waals surface area (Å²) >= 11 is 0. The second-order valence-electron chi connectivity index (χ2n) is 25.2. The maximum absolute atomic E-state index is 6.77. The molecule has 0 bridgehead atoms. The fourth-order valence-electron chi connectivity index (χ4n) is 13.5. The fraction of sp³-hybridized carbons (Fsp3) is 0.250. The van der Waals surface area contributed by atoms with E-state index in [1.54, 1.807) is 0 Å². The highest BCUT2D eigenvalue weighted by Crippen LogP contribution is 2.54. The SMILES string of the molecule is CC(C)(C)c1ccc(N2c3ccc(C(C)(C)C)cc3B3c4ccc(Cc5ccccc5C5(C)CCCCC5(C)C)cc4N(c4cccc5oc6ccccc6c45)c4cc(N(c5ccccc5)c5ccccc5)cc2c43)cc1. The van der Waals surface area contributed by atoms with Gasteiger partial charge in [-0.3, -0.25) is 0 Å². The molecule has 2 aliphatic heterocycles. The van der Waals surface area contributed by atoms with Crippen LogP contribution in [0.2, 0.25) is 0 Å². The van der Waals surface area contributed by atoms with Gasteiger partial charge in [-0.2, -0.15) is 0 Å². The van der Waals surface area contributed by atoms with Crippen molar-refractivity contribution in [1.29, 1.82) is 0 Å². The van der Waals surface area contributed by atoms with Gasteiger partial charge in [0, 0.05) is 45.2 Å². The van der Waals surface area contributed by atoms with Crippen molar-refractivity contribution in [2.75, 3.05) is 14.7 Å². The molecule has 0 saturated heterocycles. The van der Waals surface area contributed by atoms with Crippen LogP contribution in [0.1, 0.15) is 116 Å². The van der Waals surface area contributed by atoms with Gasteiger partial charge in [-0.25, -0.2) is 0 Å². The summed E-state index contributed by atoms with van der Waals surface area (Å²) in [7, 11) is 0. The van der Waals surface area contributed by atoms with Crippen molar-refractivity contribution in [3.05, 3.63) is 228 Å². The monoisotopic (exact) mass is 1000 g/mol. The zero-order valence-electron chi connectivity index (χ0n) is 46.4. The number of benzene rings is 9. The minimum atomic E-state index is -0.0758. The summed E-state index contributed by atoms with van der Waals surface area (Å²) in [4.78, 5) is 7.62. The summed E-state index contributed by atoms with van der Waals surface area (Å²) in [6, 6.07) is 75.5. The molecule has 13 rings (SSSR count). The molecular weight excluding hydrogens is 934 g/mol. The first kappa shape index (κ1) is 48.9. The van der Waals surface area contributed by atoms with Gasteiger partial charge in [0.2, 0.25) is 0 Å². The Kier molecular flexibility index (Phi) is 11.5. The Morgan fingerprint density at radius 3 is 1.82 bits per heavy atom. The summed E-state index contributed by atoms with van der Waals surface area (Å²) in [6.45, 7) is 21.4. The van der Waals surface area contributed by atoms with Crippen molar-refractivity contribution >= 4 is 96.2 Å². The largest absolute Gasteiger partial charge is 0.456 e. The van der Waals surface area contributed by atoms with Crippen LogP contribution in [-0.4, -0.2) is 6.71 Å². The molecule has 0 N–H and O–H groups in total. The molecule has 0 radical (unpaired) electrons. The number of fused-ring (bicyclic) bond motifs is 7. The number of nitrogens with zero attached hydrogens (tertiary/aromatic N) is 3. The van der Waals surface area contributed by atoms with E-state index in [1.165, 1.54) is 87.0 Å². The number of para-hydroxylation sites is 3. The van der Waals surface area contributed by atoms with Gasteiger partial charge in [0.1, 0.15) is 11.2 Å². The normalized spacial score (nSPS) is 16.8. The highest BCUT2D eigenvalue weighted by atomic mass is 16.3. The summed E-state index contributed by atoms with van der Waals surface area (Å²) in [6.07, 6.45) is 5.85. The molecule has 77 heavy (non-hydrogen) atoms. The minimum absolute atomic E-state index is 0.00380. The zero-order valence-corrected chi connectivity index (χ0v) is 46.4. The Hall–Kier alpha value is -7.76. The van der Waals surface area contributed by atoms with E-state index in [4.69, 9.17) is 4.42 Å². The minimum Gasteiger partial charge on any atom is -0.456 e. The number of anilines is 9. The number of hydrogen-bond donors (Lipinski definition) is 0. The molecule has 1 unspecified atom stereocenters. The smallest absolute Gasteiger partial charge is 0.252 e. The number of rotatable bonds is 8. The van der Waals surface area contributed by atoms with E-state index in [0.29, 0.717) is 0 Å². The Bertz CT molecular complexity index is 3840.